The van der Waals surface area contributed by atoms with Crippen LogP contribution in [0.1, 0.15) is 17.3 Å². The molecule has 2 rings (SSSR count). The van der Waals surface area contributed by atoms with Crippen LogP contribution in [0.25, 0.3) is 0 Å². The quantitative estimate of drug-likeness (QED) is 0.789. The molecular weight excluding hydrogens is 273 g/mol. The summed E-state index contributed by atoms with van der Waals surface area (Å²) in [7, 11) is 0. The number of ketones is 1. The van der Waals surface area contributed by atoms with Gasteiger partial charge in [0, 0.05) is 16.7 Å². The Kier molecular flexibility index (Phi) is 3.99. The predicted octanol–water partition coefficient (Wildman–Crippen LogP) is 4.23. The minimum atomic E-state index is -0.426. The van der Waals surface area contributed by atoms with Gasteiger partial charge in [0.05, 0.1) is 5.02 Å². The average molecular weight is 282 g/mol. The van der Waals surface area contributed by atoms with Crippen molar-refractivity contribution < 1.29 is 9.18 Å². The molecule has 0 aliphatic carbocycles. The highest BCUT2D eigenvalue weighted by molar-refractivity contribution is 7.99. The van der Waals surface area contributed by atoms with Crippen LogP contribution in [0.2, 0.25) is 5.02 Å². The van der Waals surface area contributed by atoms with Crippen LogP contribution in [0.4, 0.5) is 4.39 Å². The molecule has 2 aromatic rings. The van der Waals surface area contributed by atoms with E-state index in [0.717, 1.165) is 0 Å². The van der Waals surface area contributed by atoms with E-state index in [-0.39, 0.29) is 5.78 Å². The van der Waals surface area contributed by atoms with Crippen LogP contribution in [-0.4, -0.2) is 10.8 Å². The van der Waals surface area contributed by atoms with Crippen molar-refractivity contribution in [3.63, 3.8) is 0 Å². The smallest absolute Gasteiger partial charge is 0.159 e. The molecule has 0 radical (unpaired) electrons. The maximum Gasteiger partial charge on any atom is 0.159 e. The molecule has 0 bridgehead atoms. The number of hydrogen-bond donors (Lipinski definition) is 0. The first-order valence-corrected chi connectivity index (χ1v) is 6.35. The third-order valence-corrected chi connectivity index (χ3v) is 3.48. The number of halogens is 2. The van der Waals surface area contributed by atoms with Crippen molar-refractivity contribution in [2.75, 3.05) is 0 Å². The largest absolute Gasteiger partial charge is 0.295 e. The summed E-state index contributed by atoms with van der Waals surface area (Å²) in [4.78, 5) is 15.6. The molecule has 18 heavy (non-hydrogen) atoms. The molecule has 1 heterocycles. The number of carbonyl (C=O) groups excluding carboxylic acids is 1. The minimum Gasteiger partial charge on any atom is -0.295 e. The summed E-state index contributed by atoms with van der Waals surface area (Å²) >= 11 is 6.91. The summed E-state index contributed by atoms with van der Waals surface area (Å²) in [5.41, 5.74) is 0.362. The molecule has 0 aliphatic heterocycles. The fourth-order valence-corrected chi connectivity index (χ4v) is 2.21. The Morgan fingerprint density at radius 2 is 2.11 bits per heavy atom. The number of aromatic nitrogens is 1. The van der Waals surface area contributed by atoms with E-state index in [1.54, 1.807) is 24.3 Å². The molecule has 92 valence electrons. The highest BCUT2D eigenvalue weighted by Gasteiger charge is 2.08. The zero-order valence-corrected chi connectivity index (χ0v) is 11.1. The van der Waals surface area contributed by atoms with Crippen molar-refractivity contribution in [2.24, 2.45) is 0 Å². The van der Waals surface area contributed by atoms with Crippen LogP contribution in [-0.2, 0) is 0 Å². The van der Waals surface area contributed by atoms with Crippen molar-refractivity contribution in [2.45, 2.75) is 16.8 Å². The van der Waals surface area contributed by atoms with Crippen LogP contribution in [0.5, 0.6) is 0 Å². The Morgan fingerprint density at radius 1 is 1.33 bits per heavy atom. The second-order valence-electron chi connectivity index (χ2n) is 3.62. The molecule has 1 aromatic heterocycles. The molecule has 2 nitrogen and oxygen atoms in total. The Hall–Kier alpha value is -1.39. The second-order valence-corrected chi connectivity index (χ2v) is 5.12. The topological polar surface area (TPSA) is 30.0 Å². The standard InChI is InChI=1S/C13H9ClFNOS/c1-8(17)9-2-4-12(11(15)6-9)18-13-5-3-10(14)7-16-13/h2-7H,1H3. The lowest BCUT2D eigenvalue weighted by atomic mass is 10.1. The Morgan fingerprint density at radius 3 is 2.67 bits per heavy atom. The van der Waals surface area contributed by atoms with Crippen LogP contribution < -0.4 is 0 Å². The molecule has 0 saturated carbocycles. The van der Waals surface area contributed by atoms with E-state index in [1.807, 2.05) is 0 Å². The van der Waals surface area contributed by atoms with Crippen molar-refractivity contribution in [3.05, 3.63) is 52.9 Å². The zero-order valence-electron chi connectivity index (χ0n) is 9.48. The Bertz CT molecular complexity index is 586. The van der Waals surface area contributed by atoms with Gasteiger partial charge in [-0.05, 0) is 31.2 Å². The molecule has 0 N–H and O–H groups in total. The van der Waals surface area contributed by atoms with Gasteiger partial charge in [-0.3, -0.25) is 4.79 Å². The van der Waals surface area contributed by atoms with E-state index in [4.69, 9.17) is 11.6 Å². The first kappa shape index (κ1) is 13.1. The van der Waals surface area contributed by atoms with E-state index in [2.05, 4.69) is 4.98 Å². The predicted molar refractivity (Wildman–Crippen MR) is 69.8 cm³/mol. The summed E-state index contributed by atoms with van der Waals surface area (Å²) in [6, 6.07) is 7.82. The third kappa shape index (κ3) is 3.09. The molecule has 0 atom stereocenters. The normalized spacial score (nSPS) is 10.4. The minimum absolute atomic E-state index is 0.157. The molecule has 0 amide bonds. The molecule has 0 fully saturated rings. The van der Waals surface area contributed by atoms with Crippen molar-refractivity contribution in [3.8, 4) is 0 Å². The lowest BCUT2D eigenvalue weighted by Crippen LogP contribution is -1.93. The number of pyridine rings is 1. The number of benzene rings is 1. The zero-order chi connectivity index (χ0) is 13.1. The van der Waals surface area contributed by atoms with E-state index >= 15 is 0 Å². The summed E-state index contributed by atoms with van der Waals surface area (Å²) in [5, 5.41) is 1.18. The van der Waals surface area contributed by atoms with Crippen LogP contribution in [0, 0.1) is 5.82 Å². The maximum atomic E-state index is 13.7. The van der Waals surface area contributed by atoms with Gasteiger partial charge in [-0.25, -0.2) is 9.37 Å². The van der Waals surface area contributed by atoms with Gasteiger partial charge >= 0.3 is 0 Å². The molecule has 0 spiro atoms. The van der Waals surface area contributed by atoms with E-state index in [9.17, 15) is 9.18 Å². The van der Waals surface area contributed by atoms with Crippen LogP contribution in [0.3, 0.4) is 0 Å². The van der Waals surface area contributed by atoms with Gasteiger partial charge in [0.25, 0.3) is 0 Å². The number of carbonyl (C=O) groups is 1. The fourth-order valence-electron chi connectivity index (χ4n) is 1.34. The van der Waals surface area contributed by atoms with Gasteiger partial charge in [0.2, 0.25) is 0 Å². The summed E-state index contributed by atoms with van der Waals surface area (Å²) < 4.78 is 13.7. The Balaban J connectivity index is 2.24. The first-order valence-electron chi connectivity index (χ1n) is 5.16. The molecular formula is C13H9ClFNOS. The van der Waals surface area contributed by atoms with Crippen LogP contribution >= 0.6 is 23.4 Å². The third-order valence-electron chi connectivity index (χ3n) is 2.25. The first-order chi connectivity index (χ1) is 8.56. The molecule has 0 saturated heterocycles. The molecule has 0 aliphatic rings. The van der Waals surface area contributed by atoms with Gasteiger partial charge in [-0.2, -0.15) is 0 Å². The fraction of sp³-hybridized carbons (Fsp3) is 0.0769. The summed E-state index contributed by atoms with van der Waals surface area (Å²) in [6.07, 6.45) is 1.51. The summed E-state index contributed by atoms with van der Waals surface area (Å²) in [5.74, 6) is -0.584. The Labute approximate surface area is 113 Å². The van der Waals surface area contributed by atoms with Crippen molar-refractivity contribution in [1.29, 1.82) is 0 Å². The van der Waals surface area contributed by atoms with E-state index < -0.39 is 5.82 Å². The van der Waals surface area contributed by atoms with E-state index in [0.29, 0.717) is 20.5 Å². The lowest BCUT2D eigenvalue weighted by Gasteiger charge is -2.04. The van der Waals surface area contributed by atoms with Crippen LogP contribution in [0.15, 0.2) is 46.5 Å². The van der Waals surface area contributed by atoms with Gasteiger partial charge in [0.15, 0.2) is 5.78 Å². The highest BCUT2D eigenvalue weighted by Crippen LogP contribution is 2.29. The molecule has 1 aromatic carbocycles. The molecule has 5 heteroatoms. The monoisotopic (exact) mass is 281 g/mol. The highest BCUT2D eigenvalue weighted by atomic mass is 35.5. The average Bonchev–Trinajstić information content (AvgIpc) is 2.34. The lowest BCUT2D eigenvalue weighted by molar-refractivity contribution is 0.101. The number of nitrogens with zero attached hydrogens (tertiary/aromatic N) is 1. The SMILES string of the molecule is CC(=O)c1ccc(Sc2ccc(Cl)cn2)c(F)c1. The second kappa shape index (κ2) is 5.50. The molecule has 0 unspecified atom stereocenters. The van der Waals surface area contributed by atoms with Gasteiger partial charge in [0.1, 0.15) is 10.8 Å². The maximum absolute atomic E-state index is 13.7. The van der Waals surface area contributed by atoms with E-state index in [1.165, 1.54) is 30.9 Å². The number of hydrogen-bond acceptors (Lipinski definition) is 3. The summed E-state index contributed by atoms with van der Waals surface area (Å²) in [6.45, 7) is 1.41. The van der Waals surface area contributed by atoms with Gasteiger partial charge < -0.3 is 0 Å². The van der Waals surface area contributed by atoms with Gasteiger partial charge in [-0.15, -0.1) is 0 Å². The van der Waals surface area contributed by atoms with Crippen molar-refractivity contribution >= 4 is 29.1 Å². The van der Waals surface area contributed by atoms with Crippen molar-refractivity contribution in [1.82, 2.24) is 4.98 Å². The van der Waals surface area contributed by atoms with Gasteiger partial charge in [-0.1, -0.05) is 29.4 Å². The number of rotatable bonds is 3. The number of Topliss-reactive ketones (excluding diaryl/α,β-unsaturated/α-hetero) is 1.